The van der Waals surface area contributed by atoms with Gasteiger partial charge in [-0.2, -0.15) is 0 Å². The van der Waals surface area contributed by atoms with Gasteiger partial charge in [0.15, 0.2) is 0 Å². The van der Waals surface area contributed by atoms with Crippen LogP contribution < -0.4 is 4.90 Å². The summed E-state index contributed by atoms with van der Waals surface area (Å²) < 4.78 is 5.52. The Morgan fingerprint density at radius 3 is 2.84 bits per heavy atom. The Bertz CT molecular complexity index is 428. The van der Waals surface area contributed by atoms with Crippen molar-refractivity contribution in [2.45, 2.75) is 31.4 Å². The average Bonchev–Trinajstić information content (AvgIpc) is 2.89. The Hall–Kier alpha value is -0.910. The zero-order valence-electron chi connectivity index (χ0n) is 10.7. The van der Waals surface area contributed by atoms with Gasteiger partial charge in [-0.15, -0.1) is 0 Å². The second kappa shape index (κ2) is 5.61. The molecule has 19 heavy (non-hydrogen) atoms. The number of rotatable bonds is 2. The third-order valence-electron chi connectivity index (χ3n) is 4.02. The Labute approximate surface area is 117 Å². The van der Waals surface area contributed by atoms with E-state index in [1.54, 1.807) is 12.4 Å². The number of halogens is 1. The summed E-state index contributed by atoms with van der Waals surface area (Å²) in [6, 6.07) is 0.261. The summed E-state index contributed by atoms with van der Waals surface area (Å²) in [7, 11) is 0. The molecule has 1 aromatic rings. The van der Waals surface area contributed by atoms with Gasteiger partial charge in [0.25, 0.3) is 0 Å². The molecule has 0 aliphatic carbocycles. The van der Waals surface area contributed by atoms with Crippen molar-refractivity contribution >= 4 is 17.5 Å². The molecule has 3 rings (SSSR count). The van der Waals surface area contributed by atoms with Crippen molar-refractivity contribution in [1.29, 1.82) is 0 Å². The van der Waals surface area contributed by atoms with Crippen LogP contribution in [0.3, 0.4) is 0 Å². The van der Waals surface area contributed by atoms with E-state index >= 15 is 0 Å². The molecule has 0 bridgehead atoms. The van der Waals surface area contributed by atoms with E-state index < -0.39 is 0 Å². The number of nitrogens with zero attached hydrogens (tertiary/aromatic N) is 3. The van der Waals surface area contributed by atoms with E-state index in [0.29, 0.717) is 24.2 Å². The van der Waals surface area contributed by atoms with Gasteiger partial charge in [-0.05, 0) is 19.3 Å². The Balaban J connectivity index is 1.79. The van der Waals surface area contributed by atoms with E-state index in [-0.39, 0.29) is 18.1 Å². The van der Waals surface area contributed by atoms with Gasteiger partial charge in [-0.3, -0.25) is 0 Å². The van der Waals surface area contributed by atoms with Crippen LogP contribution in [0.4, 0.5) is 5.95 Å². The van der Waals surface area contributed by atoms with Crippen LogP contribution in [0.25, 0.3) is 0 Å². The van der Waals surface area contributed by atoms with E-state index in [1.165, 1.54) is 0 Å². The smallest absolute Gasteiger partial charge is 0.225 e. The Morgan fingerprint density at radius 1 is 1.32 bits per heavy atom. The lowest BCUT2D eigenvalue weighted by atomic mass is 9.89. The van der Waals surface area contributed by atoms with Crippen LogP contribution in [0.5, 0.6) is 0 Å². The monoisotopic (exact) mass is 283 g/mol. The van der Waals surface area contributed by atoms with Gasteiger partial charge < -0.3 is 14.7 Å². The number of aromatic nitrogens is 2. The van der Waals surface area contributed by atoms with E-state index in [2.05, 4.69) is 14.9 Å². The lowest BCUT2D eigenvalue weighted by Crippen LogP contribution is -2.46. The fourth-order valence-corrected chi connectivity index (χ4v) is 3.15. The fourth-order valence-electron chi connectivity index (χ4n) is 3.06. The summed E-state index contributed by atoms with van der Waals surface area (Å²) in [5.74, 6) is 0.847. The molecule has 6 heteroatoms. The van der Waals surface area contributed by atoms with Crippen LogP contribution in [0.2, 0.25) is 5.02 Å². The first-order valence-electron chi connectivity index (χ1n) is 6.75. The normalized spacial score (nSPS) is 31.7. The summed E-state index contributed by atoms with van der Waals surface area (Å²) in [6.45, 7) is 2.20. The van der Waals surface area contributed by atoms with Gasteiger partial charge in [0, 0.05) is 25.1 Å². The molecule has 2 aliphatic rings. The first kappa shape index (κ1) is 13.1. The molecule has 3 heterocycles. The molecule has 2 fully saturated rings. The first-order valence-corrected chi connectivity index (χ1v) is 7.13. The standard InChI is InChI=1S/C13H18ClN3O2/c14-9-6-15-13(16-7-9)17-4-1-2-11(17)10-8-19-5-3-12(10)18/h6-7,10-12,18H,1-5,8H2/t10-,11+,12-/m1/s1. The Morgan fingerprint density at radius 2 is 2.11 bits per heavy atom. The first-order chi connectivity index (χ1) is 9.25. The molecular weight excluding hydrogens is 266 g/mol. The maximum Gasteiger partial charge on any atom is 0.225 e. The van der Waals surface area contributed by atoms with E-state index in [1.807, 2.05) is 0 Å². The van der Waals surface area contributed by atoms with E-state index in [4.69, 9.17) is 16.3 Å². The summed E-state index contributed by atoms with van der Waals surface area (Å²) in [6.07, 6.45) is 5.82. The summed E-state index contributed by atoms with van der Waals surface area (Å²) >= 11 is 5.82. The third-order valence-corrected chi connectivity index (χ3v) is 4.21. The third kappa shape index (κ3) is 2.68. The molecule has 104 valence electrons. The minimum Gasteiger partial charge on any atom is -0.393 e. The van der Waals surface area contributed by atoms with Gasteiger partial charge in [0.05, 0.1) is 30.1 Å². The van der Waals surface area contributed by atoms with Crippen molar-refractivity contribution in [3.8, 4) is 0 Å². The highest BCUT2D eigenvalue weighted by Crippen LogP contribution is 2.32. The Kier molecular flexibility index (Phi) is 3.86. The second-order valence-corrected chi connectivity index (χ2v) is 5.64. The van der Waals surface area contributed by atoms with Gasteiger partial charge in [-0.1, -0.05) is 11.6 Å². The van der Waals surface area contributed by atoms with Crippen LogP contribution >= 0.6 is 11.6 Å². The molecule has 0 spiro atoms. The highest BCUT2D eigenvalue weighted by Gasteiger charge is 2.38. The fraction of sp³-hybridized carbons (Fsp3) is 0.692. The zero-order chi connectivity index (χ0) is 13.2. The quantitative estimate of drug-likeness (QED) is 0.891. The minimum atomic E-state index is -0.286. The predicted octanol–water partition coefficient (Wildman–Crippen LogP) is 1.50. The molecule has 0 aromatic carbocycles. The number of anilines is 1. The van der Waals surface area contributed by atoms with Crippen LogP contribution in [0.1, 0.15) is 19.3 Å². The van der Waals surface area contributed by atoms with Crippen LogP contribution in [-0.4, -0.2) is 47.0 Å². The molecule has 3 atom stereocenters. The van der Waals surface area contributed by atoms with Crippen molar-refractivity contribution in [3.05, 3.63) is 17.4 Å². The second-order valence-electron chi connectivity index (χ2n) is 5.20. The average molecular weight is 284 g/mol. The van der Waals surface area contributed by atoms with E-state index in [0.717, 1.165) is 25.8 Å². The molecule has 0 saturated carbocycles. The maximum absolute atomic E-state index is 10.2. The van der Waals surface area contributed by atoms with Crippen molar-refractivity contribution in [2.75, 3.05) is 24.7 Å². The molecule has 2 aliphatic heterocycles. The lowest BCUT2D eigenvalue weighted by molar-refractivity contribution is -0.0438. The molecular formula is C13H18ClN3O2. The van der Waals surface area contributed by atoms with Crippen molar-refractivity contribution in [3.63, 3.8) is 0 Å². The molecule has 2 saturated heterocycles. The largest absolute Gasteiger partial charge is 0.393 e. The van der Waals surface area contributed by atoms with E-state index in [9.17, 15) is 5.11 Å². The number of ether oxygens (including phenoxy) is 1. The van der Waals surface area contributed by atoms with Gasteiger partial charge in [0.1, 0.15) is 0 Å². The van der Waals surface area contributed by atoms with Crippen molar-refractivity contribution in [1.82, 2.24) is 9.97 Å². The summed E-state index contributed by atoms with van der Waals surface area (Å²) in [4.78, 5) is 10.8. The highest BCUT2D eigenvalue weighted by atomic mass is 35.5. The zero-order valence-corrected chi connectivity index (χ0v) is 11.5. The minimum absolute atomic E-state index is 0.149. The van der Waals surface area contributed by atoms with Gasteiger partial charge in [-0.25, -0.2) is 9.97 Å². The molecule has 1 N–H and O–H groups in total. The van der Waals surface area contributed by atoms with Gasteiger partial charge in [0.2, 0.25) is 5.95 Å². The molecule has 0 unspecified atom stereocenters. The topological polar surface area (TPSA) is 58.5 Å². The molecule has 1 aromatic heterocycles. The maximum atomic E-state index is 10.2. The van der Waals surface area contributed by atoms with Crippen molar-refractivity contribution in [2.24, 2.45) is 5.92 Å². The molecule has 5 nitrogen and oxygen atoms in total. The number of hydrogen-bond donors (Lipinski definition) is 1. The molecule has 0 radical (unpaired) electrons. The number of aliphatic hydroxyl groups excluding tert-OH is 1. The van der Waals surface area contributed by atoms with Crippen molar-refractivity contribution < 1.29 is 9.84 Å². The van der Waals surface area contributed by atoms with Crippen LogP contribution in [-0.2, 0) is 4.74 Å². The summed E-state index contributed by atoms with van der Waals surface area (Å²) in [5.41, 5.74) is 0. The highest BCUT2D eigenvalue weighted by molar-refractivity contribution is 6.30. The lowest BCUT2D eigenvalue weighted by Gasteiger charge is -2.36. The SMILES string of the molecule is O[C@@H]1CCOC[C@@H]1[C@@H]1CCCN1c1ncc(Cl)cn1. The van der Waals surface area contributed by atoms with Crippen LogP contribution in [0.15, 0.2) is 12.4 Å². The number of hydrogen-bond acceptors (Lipinski definition) is 5. The van der Waals surface area contributed by atoms with Crippen LogP contribution in [0, 0.1) is 5.92 Å². The molecule has 0 amide bonds. The predicted molar refractivity (Wildman–Crippen MR) is 72.3 cm³/mol. The number of aliphatic hydroxyl groups is 1. The van der Waals surface area contributed by atoms with Gasteiger partial charge >= 0.3 is 0 Å². The summed E-state index contributed by atoms with van der Waals surface area (Å²) in [5, 5.41) is 10.7.